The first-order valence-corrected chi connectivity index (χ1v) is 6.34. The minimum Gasteiger partial charge on any atom is -0.508 e. The van der Waals surface area contributed by atoms with Gasteiger partial charge in [-0.15, -0.1) is 0 Å². The Kier molecular flexibility index (Phi) is 4.20. The summed E-state index contributed by atoms with van der Waals surface area (Å²) in [4.78, 5) is 11.6. The van der Waals surface area contributed by atoms with Crippen molar-refractivity contribution < 1.29 is 14.6 Å². The Morgan fingerprint density at radius 2 is 1.50 bits per heavy atom. The van der Waals surface area contributed by atoms with Crippen molar-refractivity contribution in [2.24, 2.45) is 0 Å². The van der Waals surface area contributed by atoms with Crippen molar-refractivity contribution in [3.63, 3.8) is 0 Å². The third-order valence-electron chi connectivity index (χ3n) is 3.02. The third-order valence-corrected chi connectivity index (χ3v) is 3.02. The normalized spacial score (nSPS) is 11.2. The fourth-order valence-electron chi connectivity index (χ4n) is 1.67. The van der Waals surface area contributed by atoms with Gasteiger partial charge in [-0.1, -0.05) is 30.3 Å². The summed E-state index contributed by atoms with van der Waals surface area (Å²) in [7, 11) is 0. The molecule has 0 aromatic heterocycles. The predicted molar refractivity (Wildman–Crippen MR) is 78.6 cm³/mol. The van der Waals surface area contributed by atoms with Gasteiger partial charge in [0, 0.05) is 5.57 Å². The number of carbonyl (C=O) groups excluding carboxylic acids is 1. The molecule has 0 atom stereocenters. The van der Waals surface area contributed by atoms with Gasteiger partial charge >= 0.3 is 5.97 Å². The molecule has 0 radical (unpaired) electrons. The largest absolute Gasteiger partial charge is 0.508 e. The van der Waals surface area contributed by atoms with Crippen LogP contribution in [0.15, 0.2) is 60.2 Å². The van der Waals surface area contributed by atoms with E-state index >= 15 is 0 Å². The van der Waals surface area contributed by atoms with Gasteiger partial charge in [-0.25, -0.2) is 4.79 Å². The van der Waals surface area contributed by atoms with Crippen molar-refractivity contribution in [1.82, 2.24) is 0 Å². The Bertz CT molecular complexity index is 622. The molecule has 0 aliphatic heterocycles. The van der Waals surface area contributed by atoms with Gasteiger partial charge in [-0.3, -0.25) is 0 Å². The van der Waals surface area contributed by atoms with E-state index in [0.717, 1.165) is 11.1 Å². The zero-order valence-corrected chi connectivity index (χ0v) is 11.5. The fourth-order valence-corrected chi connectivity index (χ4v) is 1.67. The molecule has 0 amide bonds. The average molecular weight is 268 g/mol. The first-order chi connectivity index (χ1) is 9.60. The van der Waals surface area contributed by atoms with Gasteiger partial charge in [0.2, 0.25) is 0 Å². The highest BCUT2D eigenvalue weighted by molar-refractivity contribution is 5.89. The van der Waals surface area contributed by atoms with Crippen LogP contribution in [0.25, 0.3) is 11.1 Å². The van der Waals surface area contributed by atoms with Crippen molar-refractivity contribution in [2.75, 3.05) is 0 Å². The molecule has 0 saturated carbocycles. The number of allylic oxidation sites excluding steroid dienone is 1. The number of aromatic hydroxyl groups is 1. The monoisotopic (exact) mass is 268 g/mol. The third kappa shape index (κ3) is 3.26. The van der Waals surface area contributed by atoms with E-state index in [2.05, 4.69) is 0 Å². The van der Waals surface area contributed by atoms with Gasteiger partial charge in [0.25, 0.3) is 0 Å². The van der Waals surface area contributed by atoms with E-state index in [-0.39, 0.29) is 11.7 Å². The van der Waals surface area contributed by atoms with Crippen molar-refractivity contribution in [2.45, 2.75) is 13.8 Å². The van der Waals surface area contributed by atoms with Crippen LogP contribution in [0.5, 0.6) is 11.5 Å². The molecule has 2 rings (SSSR count). The summed E-state index contributed by atoms with van der Waals surface area (Å²) in [5, 5.41) is 9.26. The van der Waals surface area contributed by atoms with Gasteiger partial charge in [0.1, 0.15) is 11.5 Å². The number of ether oxygens (including phenoxy) is 1. The van der Waals surface area contributed by atoms with Gasteiger partial charge in [-0.2, -0.15) is 0 Å². The van der Waals surface area contributed by atoms with Crippen LogP contribution in [0.4, 0.5) is 0 Å². The highest BCUT2D eigenvalue weighted by Crippen LogP contribution is 2.24. The highest BCUT2D eigenvalue weighted by atomic mass is 16.5. The molecule has 0 fully saturated rings. The molecule has 0 bridgehead atoms. The minimum absolute atomic E-state index is 0.237. The molecule has 0 saturated heterocycles. The molecule has 3 nitrogen and oxygen atoms in total. The molecule has 2 aromatic rings. The average Bonchev–Trinajstić information content (AvgIpc) is 2.48. The Hall–Kier alpha value is -2.55. The number of phenols is 1. The fraction of sp³-hybridized carbons (Fsp3) is 0.118. The summed E-state index contributed by atoms with van der Waals surface area (Å²) in [5.74, 6) is 0.407. The van der Waals surface area contributed by atoms with Crippen molar-refractivity contribution in [3.8, 4) is 22.6 Å². The molecule has 20 heavy (non-hydrogen) atoms. The van der Waals surface area contributed by atoms with E-state index in [9.17, 15) is 9.90 Å². The van der Waals surface area contributed by atoms with Crippen molar-refractivity contribution in [3.05, 3.63) is 60.2 Å². The summed E-state index contributed by atoms with van der Waals surface area (Å²) >= 11 is 0. The minimum atomic E-state index is -0.343. The lowest BCUT2D eigenvalue weighted by molar-refractivity contribution is -0.130. The van der Waals surface area contributed by atoms with E-state index in [1.165, 1.54) is 0 Å². The van der Waals surface area contributed by atoms with Crippen molar-refractivity contribution in [1.29, 1.82) is 0 Å². The first-order valence-electron chi connectivity index (χ1n) is 6.34. The predicted octanol–water partition coefficient (Wildman–Crippen LogP) is 3.93. The number of esters is 1. The first kappa shape index (κ1) is 13.9. The maximum Gasteiger partial charge on any atom is 0.338 e. The molecule has 3 heteroatoms. The van der Waals surface area contributed by atoms with Gasteiger partial charge in [0.15, 0.2) is 0 Å². The lowest BCUT2D eigenvalue weighted by atomic mass is 10.1. The summed E-state index contributed by atoms with van der Waals surface area (Å²) < 4.78 is 5.23. The second-order valence-electron chi connectivity index (χ2n) is 4.43. The summed E-state index contributed by atoms with van der Waals surface area (Å²) in [5.41, 5.74) is 2.56. The highest BCUT2D eigenvalue weighted by Gasteiger charge is 2.06. The molecule has 0 spiro atoms. The SMILES string of the molecule is CC=C(C)C(=O)Oc1ccc(-c2ccc(O)cc2)cc1. The number of phenolic OH excluding ortho intramolecular Hbond substituents is 1. The molecule has 2 aromatic carbocycles. The van der Waals surface area contributed by atoms with Crippen LogP contribution < -0.4 is 4.74 Å². The van der Waals surface area contributed by atoms with Crippen LogP contribution in [0, 0.1) is 0 Å². The maximum absolute atomic E-state index is 11.6. The van der Waals surface area contributed by atoms with Crippen LogP contribution in [0.3, 0.4) is 0 Å². The quantitative estimate of drug-likeness (QED) is 0.521. The van der Waals surface area contributed by atoms with Gasteiger partial charge in [-0.05, 0) is 49.2 Å². The lowest BCUT2D eigenvalue weighted by Crippen LogP contribution is -2.08. The number of benzene rings is 2. The molecule has 0 aliphatic rings. The van der Waals surface area contributed by atoms with Crippen molar-refractivity contribution >= 4 is 5.97 Å². The lowest BCUT2D eigenvalue weighted by Gasteiger charge is -2.06. The Morgan fingerprint density at radius 1 is 1.00 bits per heavy atom. The van der Waals surface area contributed by atoms with Gasteiger partial charge < -0.3 is 9.84 Å². The molecule has 1 N–H and O–H groups in total. The second-order valence-corrected chi connectivity index (χ2v) is 4.43. The number of hydrogen-bond donors (Lipinski definition) is 1. The molecule has 0 heterocycles. The van der Waals surface area contributed by atoms with Crippen LogP contribution in [0.2, 0.25) is 0 Å². The topological polar surface area (TPSA) is 46.5 Å². The molecule has 0 unspecified atom stereocenters. The molecular formula is C17H16O3. The second kappa shape index (κ2) is 6.06. The molecule has 102 valence electrons. The Balaban J connectivity index is 2.14. The number of carbonyl (C=O) groups is 1. The number of hydrogen-bond acceptors (Lipinski definition) is 3. The van der Waals surface area contributed by atoms with E-state index in [1.54, 1.807) is 44.2 Å². The van der Waals surface area contributed by atoms with Crippen LogP contribution in [-0.4, -0.2) is 11.1 Å². The summed E-state index contributed by atoms with van der Waals surface area (Å²) in [6, 6.07) is 14.2. The molecular weight excluding hydrogens is 252 g/mol. The zero-order chi connectivity index (χ0) is 14.5. The van der Waals surface area contributed by atoms with E-state index in [0.29, 0.717) is 11.3 Å². The molecule has 0 aliphatic carbocycles. The Labute approximate surface area is 118 Å². The van der Waals surface area contributed by atoms with E-state index in [1.807, 2.05) is 24.3 Å². The Morgan fingerprint density at radius 3 is 2.00 bits per heavy atom. The van der Waals surface area contributed by atoms with Crippen LogP contribution >= 0.6 is 0 Å². The number of rotatable bonds is 3. The van der Waals surface area contributed by atoms with Gasteiger partial charge in [0.05, 0.1) is 0 Å². The van der Waals surface area contributed by atoms with Crippen LogP contribution in [0.1, 0.15) is 13.8 Å². The smallest absolute Gasteiger partial charge is 0.338 e. The van der Waals surface area contributed by atoms with E-state index < -0.39 is 0 Å². The van der Waals surface area contributed by atoms with E-state index in [4.69, 9.17) is 4.74 Å². The maximum atomic E-state index is 11.6. The summed E-state index contributed by atoms with van der Waals surface area (Å²) in [6.07, 6.45) is 1.72. The summed E-state index contributed by atoms with van der Waals surface area (Å²) in [6.45, 7) is 3.51. The van der Waals surface area contributed by atoms with Crippen LogP contribution in [-0.2, 0) is 4.79 Å². The zero-order valence-electron chi connectivity index (χ0n) is 11.5. The standard InChI is InChI=1S/C17H16O3/c1-3-12(2)17(19)20-16-10-6-14(7-11-16)13-4-8-15(18)9-5-13/h3-11,18H,1-2H3.